The normalized spacial score (nSPS) is 19.6. The number of amides is 3. The number of alkyl halides is 2. The van der Waals surface area contributed by atoms with Gasteiger partial charge in [-0.05, 0) is 106 Å². The van der Waals surface area contributed by atoms with Gasteiger partial charge in [-0.1, -0.05) is 18.9 Å². The number of likely N-dealkylation sites (N-methyl/N-ethyl adjacent to an activating group) is 1. The van der Waals surface area contributed by atoms with Crippen LogP contribution in [0.2, 0.25) is 0 Å². The number of fused-ring (bicyclic) bond motifs is 1. The number of nitrogens with zero attached hydrogens (tertiary/aromatic N) is 7. The topological polar surface area (TPSA) is 171 Å². The van der Waals surface area contributed by atoms with Gasteiger partial charge in [0.15, 0.2) is 11.4 Å². The van der Waals surface area contributed by atoms with Crippen LogP contribution in [0.1, 0.15) is 110 Å². The first-order valence-electron chi connectivity index (χ1n) is 21.4. The third-order valence-electron chi connectivity index (χ3n) is 12.3. The summed E-state index contributed by atoms with van der Waals surface area (Å²) in [5.41, 5.74) is 3.31. The number of carbonyl (C=O) groups is 3. The van der Waals surface area contributed by atoms with Crippen LogP contribution in [0, 0.1) is 11.8 Å². The van der Waals surface area contributed by atoms with Gasteiger partial charge in [0, 0.05) is 56.8 Å². The summed E-state index contributed by atoms with van der Waals surface area (Å²) in [4.78, 5) is 61.4. The number of pyridine rings is 1. The molecule has 3 fully saturated rings. The van der Waals surface area contributed by atoms with E-state index in [1.165, 1.54) is 29.9 Å². The van der Waals surface area contributed by atoms with Gasteiger partial charge in [-0.15, -0.1) is 0 Å². The highest BCUT2D eigenvalue weighted by Gasteiger charge is 2.32. The highest BCUT2D eigenvalue weighted by Crippen LogP contribution is 2.36. The number of aryl methyl sites for hydroxylation is 3. The number of anilines is 1. The van der Waals surface area contributed by atoms with Crippen molar-refractivity contribution in [1.82, 2.24) is 39.1 Å². The van der Waals surface area contributed by atoms with Crippen molar-refractivity contribution in [1.29, 1.82) is 0 Å². The summed E-state index contributed by atoms with van der Waals surface area (Å²) in [6.45, 7) is 2.86. The molecule has 2 saturated carbocycles. The molecule has 1 aromatic carbocycles. The summed E-state index contributed by atoms with van der Waals surface area (Å²) in [5, 5.41) is 9.16. The van der Waals surface area contributed by atoms with Crippen molar-refractivity contribution in [3.8, 4) is 11.5 Å². The van der Waals surface area contributed by atoms with Crippen LogP contribution in [0.15, 0.2) is 58.2 Å². The van der Waals surface area contributed by atoms with E-state index in [1.54, 1.807) is 28.6 Å². The number of halogens is 2. The molecule has 3 aliphatic rings. The van der Waals surface area contributed by atoms with Crippen molar-refractivity contribution >= 4 is 34.4 Å². The largest absolute Gasteiger partial charge is 0.444 e. The standard InChI is InChI=1S/C44H53F2N9O6/c1-52(19-21-60-20-3-4-28-10-14-35-37(22-28)53(2)44(59)55(35)36-15-16-38(56)50-42(36)58)24-29-8-12-32(13-9-29)54-25-33(39(51-54)40(45)46)48-41(57)34-26-61-43(49-34)30-17-18-47-31(23-30)11-7-27-5-6-27/h10,14,17-18,22-23,25-27,29,32,36,40H,3-9,11-13,15-16,19-21,24H2,1-2H3,(H,48,57)(H,50,56,58). The Labute approximate surface area is 351 Å². The average molecular weight is 842 g/mol. The summed E-state index contributed by atoms with van der Waals surface area (Å²) >= 11 is 0. The minimum atomic E-state index is -2.87. The lowest BCUT2D eigenvalue weighted by Crippen LogP contribution is -2.44. The first-order chi connectivity index (χ1) is 29.5. The Morgan fingerprint density at radius 2 is 1.82 bits per heavy atom. The number of piperidine rings is 1. The second kappa shape index (κ2) is 18.6. The molecule has 0 bridgehead atoms. The molecule has 1 unspecified atom stereocenters. The van der Waals surface area contributed by atoms with Crippen molar-refractivity contribution in [3.05, 3.63) is 82.1 Å². The van der Waals surface area contributed by atoms with Gasteiger partial charge in [0.2, 0.25) is 17.7 Å². The quantitative estimate of drug-likeness (QED) is 0.0743. The maximum absolute atomic E-state index is 14.1. The zero-order valence-corrected chi connectivity index (χ0v) is 34.7. The minimum absolute atomic E-state index is 0.0139. The first-order valence-corrected chi connectivity index (χ1v) is 21.4. The Morgan fingerprint density at radius 1 is 1.02 bits per heavy atom. The van der Waals surface area contributed by atoms with Crippen molar-refractivity contribution in [2.45, 2.75) is 95.6 Å². The number of hydrogen-bond donors (Lipinski definition) is 2. The van der Waals surface area contributed by atoms with E-state index >= 15 is 0 Å². The number of aromatic nitrogens is 6. The maximum atomic E-state index is 14.1. The number of hydrogen-bond acceptors (Lipinski definition) is 10. The van der Waals surface area contributed by atoms with Gasteiger partial charge in [0.05, 0.1) is 29.4 Å². The first kappa shape index (κ1) is 42.2. The smallest absolute Gasteiger partial charge is 0.329 e. The van der Waals surface area contributed by atoms with Gasteiger partial charge in [0.25, 0.3) is 12.3 Å². The van der Waals surface area contributed by atoms with Crippen LogP contribution in [0.3, 0.4) is 0 Å². The zero-order chi connectivity index (χ0) is 42.6. The summed E-state index contributed by atoms with van der Waals surface area (Å²) in [6, 6.07) is 8.74. The van der Waals surface area contributed by atoms with Crippen LogP contribution >= 0.6 is 0 Å². The minimum Gasteiger partial charge on any atom is -0.444 e. The Morgan fingerprint density at radius 3 is 2.59 bits per heavy atom. The molecule has 15 nitrogen and oxygen atoms in total. The van der Waals surface area contributed by atoms with Crippen molar-refractivity contribution < 1.29 is 32.3 Å². The van der Waals surface area contributed by atoms with Crippen molar-refractivity contribution in [2.75, 3.05) is 38.7 Å². The van der Waals surface area contributed by atoms with Crippen LogP contribution in [-0.2, 0) is 34.2 Å². The predicted molar refractivity (Wildman–Crippen MR) is 222 cm³/mol. The molecule has 324 valence electrons. The molecule has 1 atom stereocenters. The highest BCUT2D eigenvalue weighted by molar-refractivity contribution is 6.03. The van der Waals surface area contributed by atoms with Crippen LogP contribution in [0.4, 0.5) is 14.5 Å². The van der Waals surface area contributed by atoms with E-state index in [2.05, 4.69) is 37.6 Å². The number of carbonyl (C=O) groups excluding carboxylic acids is 3. The van der Waals surface area contributed by atoms with E-state index in [0.717, 1.165) is 87.1 Å². The molecule has 4 aromatic heterocycles. The van der Waals surface area contributed by atoms with Crippen LogP contribution in [0.25, 0.3) is 22.5 Å². The molecule has 8 rings (SSSR count). The zero-order valence-electron chi connectivity index (χ0n) is 34.7. The van der Waals surface area contributed by atoms with Crippen LogP contribution < -0.4 is 16.3 Å². The van der Waals surface area contributed by atoms with Gasteiger partial charge in [-0.3, -0.25) is 38.5 Å². The SMILES string of the molecule is CN(CCOCCCc1ccc2c(c1)n(C)c(=O)n2C1CCC(=O)NC1=O)CC1CCC(n2cc(NC(=O)c3coc(-c4ccnc(CCC5CC5)c4)n3)c(C(F)F)n2)CC1. The number of imidazole rings is 1. The maximum Gasteiger partial charge on any atom is 0.329 e. The number of rotatable bonds is 18. The molecule has 2 N–H and O–H groups in total. The average Bonchev–Trinajstić information content (AvgIpc) is 3.66. The van der Waals surface area contributed by atoms with E-state index in [4.69, 9.17) is 9.15 Å². The molecule has 5 aromatic rings. The number of nitrogens with one attached hydrogen (secondary N) is 2. The Hall–Kier alpha value is -5.55. The van der Waals surface area contributed by atoms with Crippen LogP contribution in [0.5, 0.6) is 0 Å². The highest BCUT2D eigenvalue weighted by atomic mass is 19.3. The lowest BCUT2D eigenvalue weighted by Gasteiger charge is -2.31. The monoisotopic (exact) mass is 841 g/mol. The Bertz CT molecular complexity index is 2430. The number of oxazole rings is 1. The molecule has 0 spiro atoms. The molecule has 1 aliphatic heterocycles. The fourth-order valence-electron chi connectivity index (χ4n) is 8.67. The number of benzene rings is 1. The van der Waals surface area contributed by atoms with Gasteiger partial charge in [-0.25, -0.2) is 18.6 Å². The Balaban J connectivity index is 0.757. The molecular weight excluding hydrogens is 789 g/mol. The molecular formula is C44H53F2N9O6. The van der Waals surface area contributed by atoms with Crippen molar-refractivity contribution in [3.63, 3.8) is 0 Å². The fourth-order valence-corrected chi connectivity index (χ4v) is 8.67. The van der Waals surface area contributed by atoms with Gasteiger partial charge in [-0.2, -0.15) is 5.10 Å². The van der Waals surface area contributed by atoms with E-state index in [-0.39, 0.29) is 41.3 Å². The third-order valence-corrected chi connectivity index (χ3v) is 12.3. The summed E-state index contributed by atoms with van der Waals surface area (Å²) < 4.78 is 44.5. The molecule has 3 amide bonds. The van der Waals surface area contributed by atoms with E-state index in [0.29, 0.717) is 36.6 Å². The lowest BCUT2D eigenvalue weighted by atomic mass is 9.86. The second-order valence-corrected chi connectivity index (χ2v) is 16.9. The summed E-state index contributed by atoms with van der Waals surface area (Å²) in [5.74, 6) is 0.0848. The molecule has 0 radical (unpaired) electrons. The molecule has 61 heavy (non-hydrogen) atoms. The van der Waals surface area contributed by atoms with Crippen LogP contribution in [-0.4, -0.2) is 84.9 Å². The number of imide groups is 1. The molecule has 2 aliphatic carbocycles. The second-order valence-electron chi connectivity index (χ2n) is 16.9. The summed E-state index contributed by atoms with van der Waals surface area (Å²) in [6.07, 6.45) is 11.6. The van der Waals surface area contributed by atoms with Gasteiger partial charge >= 0.3 is 5.69 Å². The third kappa shape index (κ3) is 9.99. The van der Waals surface area contributed by atoms with Gasteiger partial charge in [0.1, 0.15) is 12.3 Å². The Kier molecular flexibility index (Phi) is 12.9. The summed E-state index contributed by atoms with van der Waals surface area (Å²) in [7, 11) is 3.77. The fraction of sp³-hybridized carbons (Fsp3) is 0.523. The van der Waals surface area contributed by atoms with E-state index in [1.807, 2.05) is 24.3 Å². The number of ether oxygens (including phenoxy) is 1. The van der Waals surface area contributed by atoms with Gasteiger partial charge < -0.3 is 19.4 Å². The van der Waals surface area contributed by atoms with E-state index in [9.17, 15) is 28.0 Å². The predicted octanol–water partition coefficient (Wildman–Crippen LogP) is 6.41. The van der Waals surface area contributed by atoms with Crippen molar-refractivity contribution in [2.24, 2.45) is 18.9 Å². The molecule has 17 heteroatoms. The lowest BCUT2D eigenvalue weighted by molar-refractivity contribution is -0.135. The molecule has 5 heterocycles. The molecule has 1 saturated heterocycles. The van der Waals surface area contributed by atoms with E-state index < -0.39 is 30.0 Å².